The molecule has 1 rings (SSSR count). The Balaban J connectivity index is 2.56. The average molecular weight is 198 g/mol. The van der Waals surface area contributed by atoms with E-state index in [2.05, 4.69) is 6.58 Å². The molecule has 0 amide bonds. The van der Waals surface area contributed by atoms with Crippen molar-refractivity contribution in [2.24, 2.45) is 11.8 Å². The number of carboxylic acids is 1. The number of ether oxygens (including phenoxy) is 1. The molecule has 4 nitrogen and oxygen atoms in total. The Morgan fingerprint density at radius 2 is 2.21 bits per heavy atom. The smallest absolute Gasteiger partial charge is 0.304 e. The first-order chi connectivity index (χ1) is 6.65. The summed E-state index contributed by atoms with van der Waals surface area (Å²) in [5.74, 6) is -1.64. The van der Waals surface area contributed by atoms with Crippen molar-refractivity contribution in [1.29, 1.82) is 0 Å². The molecule has 2 atom stereocenters. The summed E-state index contributed by atoms with van der Waals surface area (Å²) in [5, 5.41) is 8.57. The average Bonchev–Trinajstić information content (AvgIpc) is 2.11. The van der Waals surface area contributed by atoms with Gasteiger partial charge >= 0.3 is 5.97 Å². The Morgan fingerprint density at radius 1 is 1.57 bits per heavy atom. The van der Waals surface area contributed by atoms with Crippen LogP contribution in [0.3, 0.4) is 0 Å². The molecular formula is C10H14O4. The minimum Gasteiger partial charge on any atom is -0.481 e. The summed E-state index contributed by atoms with van der Waals surface area (Å²) in [7, 11) is 0. The fraction of sp³-hybridized carbons (Fsp3) is 0.600. The van der Waals surface area contributed by atoms with Gasteiger partial charge in [-0.2, -0.15) is 0 Å². The molecule has 0 aromatic heterocycles. The quantitative estimate of drug-likeness (QED) is 0.681. The molecular weight excluding hydrogens is 184 g/mol. The number of aliphatic carboxylic acids is 1. The Hall–Kier alpha value is -1.16. The van der Waals surface area contributed by atoms with Gasteiger partial charge in [-0.1, -0.05) is 6.08 Å². The van der Waals surface area contributed by atoms with Crippen LogP contribution in [0.5, 0.6) is 0 Å². The van der Waals surface area contributed by atoms with Crippen LogP contribution in [-0.4, -0.2) is 30.1 Å². The van der Waals surface area contributed by atoms with E-state index in [1.807, 2.05) is 0 Å². The largest absolute Gasteiger partial charge is 0.481 e. The predicted octanol–water partition coefficient (Wildman–Crippen LogP) is 0.869. The van der Waals surface area contributed by atoms with Crippen LogP contribution in [0.1, 0.15) is 12.8 Å². The first-order valence-electron chi connectivity index (χ1n) is 4.59. The summed E-state index contributed by atoms with van der Waals surface area (Å²) < 4.78 is 5.19. The van der Waals surface area contributed by atoms with Gasteiger partial charge < -0.3 is 9.84 Å². The summed E-state index contributed by atoms with van der Waals surface area (Å²) >= 11 is 0. The van der Waals surface area contributed by atoms with E-state index in [9.17, 15) is 9.59 Å². The zero-order chi connectivity index (χ0) is 10.6. The van der Waals surface area contributed by atoms with Gasteiger partial charge in [-0.15, -0.1) is 6.58 Å². The number of carbonyl (C=O) groups is 2. The second kappa shape index (κ2) is 4.91. The van der Waals surface area contributed by atoms with Crippen molar-refractivity contribution in [1.82, 2.24) is 0 Å². The number of hydrogen-bond acceptors (Lipinski definition) is 3. The molecule has 0 aliphatic carbocycles. The summed E-state index contributed by atoms with van der Waals surface area (Å²) in [4.78, 5) is 22.1. The molecule has 2 unspecified atom stereocenters. The van der Waals surface area contributed by atoms with Gasteiger partial charge in [-0.25, -0.2) is 0 Å². The second-order valence-corrected chi connectivity index (χ2v) is 3.46. The maximum atomic E-state index is 11.7. The molecule has 0 radical (unpaired) electrons. The molecule has 1 aliphatic rings. The zero-order valence-electron chi connectivity index (χ0n) is 7.94. The normalized spacial score (nSPS) is 27.3. The van der Waals surface area contributed by atoms with Crippen molar-refractivity contribution < 1.29 is 19.4 Å². The Kier molecular flexibility index (Phi) is 3.83. The van der Waals surface area contributed by atoms with Gasteiger partial charge in [0.2, 0.25) is 0 Å². The van der Waals surface area contributed by atoms with Crippen LogP contribution in [0.2, 0.25) is 0 Å². The van der Waals surface area contributed by atoms with Crippen molar-refractivity contribution in [2.45, 2.75) is 12.8 Å². The Morgan fingerprint density at radius 3 is 2.79 bits per heavy atom. The van der Waals surface area contributed by atoms with Gasteiger partial charge in [0.1, 0.15) is 5.78 Å². The van der Waals surface area contributed by atoms with E-state index in [-0.39, 0.29) is 24.7 Å². The fourth-order valence-corrected chi connectivity index (χ4v) is 1.61. The molecule has 1 fully saturated rings. The van der Waals surface area contributed by atoms with Crippen molar-refractivity contribution in [3.63, 3.8) is 0 Å². The highest BCUT2D eigenvalue weighted by molar-refractivity contribution is 5.87. The molecule has 0 saturated carbocycles. The molecule has 0 bridgehead atoms. The molecule has 0 aromatic carbocycles. The van der Waals surface area contributed by atoms with Gasteiger partial charge in [0, 0.05) is 5.92 Å². The number of ketones is 1. The van der Waals surface area contributed by atoms with Crippen molar-refractivity contribution >= 4 is 11.8 Å². The lowest BCUT2D eigenvalue weighted by Crippen LogP contribution is -2.37. The van der Waals surface area contributed by atoms with Crippen LogP contribution in [0.25, 0.3) is 0 Å². The third-order valence-corrected chi connectivity index (χ3v) is 2.32. The van der Waals surface area contributed by atoms with Crippen LogP contribution in [0.15, 0.2) is 12.7 Å². The van der Waals surface area contributed by atoms with Gasteiger partial charge in [0.15, 0.2) is 0 Å². The van der Waals surface area contributed by atoms with E-state index in [4.69, 9.17) is 9.84 Å². The van der Waals surface area contributed by atoms with Gasteiger partial charge in [0.05, 0.1) is 25.6 Å². The third-order valence-electron chi connectivity index (χ3n) is 2.32. The zero-order valence-corrected chi connectivity index (χ0v) is 7.94. The predicted molar refractivity (Wildman–Crippen MR) is 49.9 cm³/mol. The SMILES string of the molecule is C=CCC1COCC(CC(=O)O)C1=O. The maximum absolute atomic E-state index is 11.7. The second-order valence-electron chi connectivity index (χ2n) is 3.46. The third kappa shape index (κ3) is 2.67. The highest BCUT2D eigenvalue weighted by atomic mass is 16.5. The van der Waals surface area contributed by atoms with E-state index in [1.165, 1.54) is 0 Å². The molecule has 1 aliphatic heterocycles. The molecule has 1 N–H and O–H groups in total. The van der Waals surface area contributed by atoms with Crippen LogP contribution in [0, 0.1) is 11.8 Å². The first kappa shape index (κ1) is 10.9. The molecule has 0 aromatic rings. The lowest BCUT2D eigenvalue weighted by atomic mass is 9.87. The van der Waals surface area contributed by atoms with Crippen LogP contribution < -0.4 is 0 Å². The first-order valence-corrected chi connectivity index (χ1v) is 4.59. The molecule has 0 spiro atoms. The standard InChI is InChI=1S/C10H14O4/c1-2-3-7-5-14-6-8(10(7)13)4-9(11)12/h2,7-8H,1,3-6H2,(H,11,12). The summed E-state index contributed by atoms with van der Waals surface area (Å²) in [5.41, 5.74) is 0. The molecule has 4 heteroatoms. The van der Waals surface area contributed by atoms with E-state index >= 15 is 0 Å². The minimum absolute atomic E-state index is 0.00134. The van der Waals surface area contributed by atoms with Crippen LogP contribution in [-0.2, 0) is 14.3 Å². The highest BCUT2D eigenvalue weighted by Gasteiger charge is 2.32. The molecule has 78 valence electrons. The number of hydrogen-bond donors (Lipinski definition) is 1. The van der Waals surface area contributed by atoms with Crippen LogP contribution in [0.4, 0.5) is 0 Å². The van der Waals surface area contributed by atoms with E-state index in [0.29, 0.717) is 13.0 Å². The molecule has 1 saturated heterocycles. The van der Waals surface area contributed by atoms with E-state index in [1.54, 1.807) is 6.08 Å². The van der Waals surface area contributed by atoms with Gasteiger partial charge in [-0.05, 0) is 6.42 Å². The number of rotatable bonds is 4. The topological polar surface area (TPSA) is 63.6 Å². The monoisotopic (exact) mass is 198 g/mol. The minimum atomic E-state index is -0.953. The van der Waals surface area contributed by atoms with Crippen molar-refractivity contribution in [3.8, 4) is 0 Å². The Labute approximate surface area is 82.6 Å². The molecule has 1 heterocycles. The van der Waals surface area contributed by atoms with Gasteiger partial charge in [0.25, 0.3) is 0 Å². The summed E-state index contributed by atoms with van der Waals surface area (Å²) in [6.45, 7) is 4.18. The number of carboxylic acid groups (broad SMARTS) is 1. The van der Waals surface area contributed by atoms with E-state index < -0.39 is 11.9 Å². The van der Waals surface area contributed by atoms with Crippen LogP contribution >= 0.6 is 0 Å². The Bertz CT molecular complexity index is 247. The lowest BCUT2D eigenvalue weighted by Gasteiger charge is -2.26. The van der Waals surface area contributed by atoms with Gasteiger partial charge in [-0.3, -0.25) is 9.59 Å². The maximum Gasteiger partial charge on any atom is 0.304 e. The summed E-state index contributed by atoms with van der Waals surface area (Å²) in [6, 6.07) is 0. The molecule has 14 heavy (non-hydrogen) atoms. The fourth-order valence-electron chi connectivity index (χ4n) is 1.61. The van der Waals surface area contributed by atoms with Crippen molar-refractivity contribution in [3.05, 3.63) is 12.7 Å². The summed E-state index contributed by atoms with van der Waals surface area (Å²) in [6.07, 6.45) is 2.09. The van der Waals surface area contributed by atoms with E-state index in [0.717, 1.165) is 0 Å². The lowest BCUT2D eigenvalue weighted by molar-refractivity contribution is -0.147. The highest BCUT2D eigenvalue weighted by Crippen LogP contribution is 2.21. The number of Topliss-reactive ketones (excluding diaryl/α,β-unsaturated/α-hetero) is 1. The van der Waals surface area contributed by atoms with Crippen molar-refractivity contribution in [2.75, 3.05) is 13.2 Å². The number of carbonyl (C=O) groups excluding carboxylic acids is 1. The number of allylic oxidation sites excluding steroid dienone is 1.